The Morgan fingerprint density at radius 1 is 1.10 bits per heavy atom. The van der Waals surface area contributed by atoms with Crippen molar-refractivity contribution in [2.45, 2.75) is 59.7 Å². The fraction of sp³-hybridized carbons (Fsp3) is 0.520. The topological polar surface area (TPSA) is 21.7 Å². The molecule has 2 aromatic carbocycles. The van der Waals surface area contributed by atoms with Crippen LogP contribution in [0.1, 0.15) is 48.1 Å². The van der Waals surface area contributed by atoms with Crippen LogP contribution in [0.3, 0.4) is 0 Å². The van der Waals surface area contributed by atoms with Gasteiger partial charge in [-0.1, -0.05) is 37.3 Å². The average Bonchev–Trinajstić information content (AvgIpc) is 2.72. The highest BCUT2D eigenvalue weighted by Gasteiger charge is 2.36. The second-order valence-corrected chi connectivity index (χ2v) is 8.77. The van der Waals surface area contributed by atoms with Crippen LogP contribution in [-0.2, 0) is 13.0 Å². The van der Waals surface area contributed by atoms with Crippen LogP contribution in [0.4, 0.5) is 0 Å². The first-order valence-electron chi connectivity index (χ1n) is 10.6. The van der Waals surface area contributed by atoms with E-state index in [-0.39, 0.29) is 5.60 Å². The Labute approximate surface area is 181 Å². The van der Waals surface area contributed by atoms with Crippen LogP contribution in [0.2, 0.25) is 0 Å². The first kappa shape index (κ1) is 22.0. The summed E-state index contributed by atoms with van der Waals surface area (Å²) in [6.45, 7) is 14.3. The molecule has 1 heterocycles. The van der Waals surface area contributed by atoms with Crippen molar-refractivity contribution in [3.05, 3.63) is 58.1 Å². The molecule has 0 saturated carbocycles. The number of rotatable bonds is 8. The smallest absolute Gasteiger partial charge is 0.127 e. The minimum absolute atomic E-state index is 0.189. The number of likely N-dealkylation sites (N-methyl/N-ethyl adjacent to an activating group) is 1. The number of ether oxygens (including phenoxy) is 2. The van der Waals surface area contributed by atoms with Gasteiger partial charge in [0.2, 0.25) is 0 Å². The predicted octanol–water partition coefficient (Wildman–Crippen LogP) is 5.84. The SMILES string of the molecule is CCN(CCCl)CC1(C)CCc2c(C)c(OCc3ccccc3)c(C)c(C)c2O1. The van der Waals surface area contributed by atoms with Crippen LogP contribution >= 0.6 is 11.6 Å². The van der Waals surface area contributed by atoms with Gasteiger partial charge in [-0.25, -0.2) is 0 Å². The summed E-state index contributed by atoms with van der Waals surface area (Å²) >= 11 is 5.98. The van der Waals surface area contributed by atoms with Crippen LogP contribution in [-0.4, -0.2) is 36.0 Å². The summed E-state index contributed by atoms with van der Waals surface area (Å²) < 4.78 is 13.0. The van der Waals surface area contributed by atoms with E-state index in [1.165, 1.54) is 27.8 Å². The highest BCUT2D eigenvalue weighted by Crippen LogP contribution is 2.44. The molecule has 1 aliphatic rings. The van der Waals surface area contributed by atoms with Gasteiger partial charge in [0.1, 0.15) is 23.7 Å². The molecule has 0 aliphatic carbocycles. The van der Waals surface area contributed by atoms with Gasteiger partial charge in [0, 0.05) is 24.5 Å². The summed E-state index contributed by atoms with van der Waals surface area (Å²) in [6.07, 6.45) is 2.01. The van der Waals surface area contributed by atoms with E-state index >= 15 is 0 Å². The lowest BCUT2D eigenvalue weighted by atomic mass is 9.86. The van der Waals surface area contributed by atoms with Gasteiger partial charge in [-0.15, -0.1) is 11.6 Å². The maximum atomic E-state index is 6.67. The van der Waals surface area contributed by atoms with E-state index in [1.54, 1.807) is 0 Å². The lowest BCUT2D eigenvalue weighted by Crippen LogP contribution is -2.48. The lowest BCUT2D eigenvalue weighted by molar-refractivity contribution is 0.0273. The molecule has 0 radical (unpaired) electrons. The van der Waals surface area contributed by atoms with Gasteiger partial charge in [-0.2, -0.15) is 0 Å². The molecule has 0 spiro atoms. The summed E-state index contributed by atoms with van der Waals surface area (Å²) in [5.74, 6) is 2.72. The van der Waals surface area contributed by atoms with Crippen molar-refractivity contribution in [3.63, 3.8) is 0 Å². The fourth-order valence-corrected chi connectivity index (χ4v) is 4.52. The first-order valence-corrected chi connectivity index (χ1v) is 11.2. The Bertz CT molecular complexity index is 837. The van der Waals surface area contributed by atoms with E-state index in [2.05, 4.69) is 63.8 Å². The molecule has 3 nitrogen and oxygen atoms in total. The molecule has 0 aromatic heterocycles. The van der Waals surface area contributed by atoms with Gasteiger partial charge < -0.3 is 9.47 Å². The van der Waals surface area contributed by atoms with Gasteiger partial charge in [-0.3, -0.25) is 4.90 Å². The summed E-state index contributed by atoms with van der Waals surface area (Å²) in [5.41, 5.74) is 5.88. The van der Waals surface area contributed by atoms with E-state index in [9.17, 15) is 0 Å². The normalized spacial score (nSPS) is 18.4. The predicted molar refractivity (Wildman–Crippen MR) is 122 cm³/mol. The van der Waals surface area contributed by atoms with E-state index in [1.807, 2.05) is 6.07 Å². The largest absolute Gasteiger partial charge is 0.488 e. The summed E-state index contributed by atoms with van der Waals surface area (Å²) in [5, 5.41) is 0. The molecule has 0 amide bonds. The molecule has 1 atom stereocenters. The number of fused-ring (bicyclic) bond motifs is 1. The molecule has 0 fully saturated rings. The Balaban J connectivity index is 1.84. The second kappa shape index (κ2) is 9.40. The van der Waals surface area contributed by atoms with E-state index in [0.29, 0.717) is 12.5 Å². The summed E-state index contributed by atoms with van der Waals surface area (Å²) in [7, 11) is 0. The molecule has 158 valence electrons. The van der Waals surface area contributed by atoms with Crippen LogP contribution in [0, 0.1) is 20.8 Å². The Hall–Kier alpha value is -1.71. The molecule has 0 bridgehead atoms. The second-order valence-electron chi connectivity index (χ2n) is 8.40. The Morgan fingerprint density at radius 3 is 2.48 bits per heavy atom. The molecule has 29 heavy (non-hydrogen) atoms. The number of alkyl halides is 1. The van der Waals surface area contributed by atoms with Crippen LogP contribution < -0.4 is 9.47 Å². The lowest BCUT2D eigenvalue weighted by Gasteiger charge is -2.41. The zero-order valence-electron chi connectivity index (χ0n) is 18.5. The van der Waals surface area contributed by atoms with Gasteiger partial charge in [0.25, 0.3) is 0 Å². The average molecular weight is 416 g/mol. The summed E-state index contributed by atoms with van der Waals surface area (Å²) in [4.78, 5) is 2.38. The molecule has 3 rings (SSSR count). The third-order valence-corrected chi connectivity index (χ3v) is 6.36. The molecule has 1 aliphatic heterocycles. The molecule has 4 heteroatoms. The minimum Gasteiger partial charge on any atom is -0.488 e. The number of hydrogen-bond donors (Lipinski definition) is 0. The number of hydrogen-bond acceptors (Lipinski definition) is 3. The number of nitrogens with zero attached hydrogens (tertiary/aromatic N) is 1. The Morgan fingerprint density at radius 2 is 1.83 bits per heavy atom. The van der Waals surface area contributed by atoms with Gasteiger partial charge in [0.05, 0.1) is 0 Å². The van der Waals surface area contributed by atoms with Crippen molar-refractivity contribution < 1.29 is 9.47 Å². The van der Waals surface area contributed by atoms with E-state index in [4.69, 9.17) is 21.1 Å². The molecular weight excluding hydrogens is 382 g/mol. The fourth-order valence-electron chi connectivity index (χ4n) is 4.28. The first-order chi connectivity index (χ1) is 13.9. The van der Waals surface area contributed by atoms with Gasteiger partial charge >= 0.3 is 0 Å². The van der Waals surface area contributed by atoms with Crippen molar-refractivity contribution in [2.24, 2.45) is 0 Å². The van der Waals surface area contributed by atoms with Crippen LogP contribution in [0.25, 0.3) is 0 Å². The van der Waals surface area contributed by atoms with Crippen molar-refractivity contribution in [1.82, 2.24) is 4.90 Å². The standard InChI is InChI=1S/C25H34ClNO2/c1-6-27(15-14-26)17-25(5)13-12-22-20(4)23(18(2)19(3)24(22)29-25)28-16-21-10-8-7-9-11-21/h7-11H,6,12-17H2,1-5H3. The maximum absolute atomic E-state index is 6.67. The highest BCUT2D eigenvalue weighted by atomic mass is 35.5. The Kier molecular flexibility index (Phi) is 7.13. The zero-order valence-corrected chi connectivity index (χ0v) is 19.2. The third kappa shape index (κ3) is 4.90. The summed E-state index contributed by atoms with van der Waals surface area (Å²) in [6, 6.07) is 10.3. The molecule has 2 aromatic rings. The monoisotopic (exact) mass is 415 g/mol. The van der Waals surface area contributed by atoms with Crippen molar-refractivity contribution in [3.8, 4) is 11.5 Å². The van der Waals surface area contributed by atoms with Crippen molar-refractivity contribution in [2.75, 3.05) is 25.5 Å². The van der Waals surface area contributed by atoms with E-state index < -0.39 is 0 Å². The van der Waals surface area contributed by atoms with Crippen molar-refractivity contribution in [1.29, 1.82) is 0 Å². The molecule has 1 unspecified atom stereocenters. The number of benzene rings is 2. The molecular formula is C25H34ClNO2. The highest BCUT2D eigenvalue weighted by molar-refractivity contribution is 6.18. The van der Waals surface area contributed by atoms with Gasteiger partial charge in [0.15, 0.2) is 0 Å². The van der Waals surface area contributed by atoms with Crippen LogP contribution in [0.5, 0.6) is 11.5 Å². The third-order valence-electron chi connectivity index (χ3n) is 6.20. The van der Waals surface area contributed by atoms with E-state index in [0.717, 1.165) is 44.0 Å². The molecule has 0 N–H and O–H groups in total. The van der Waals surface area contributed by atoms with Crippen LogP contribution in [0.15, 0.2) is 30.3 Å². The minimum atomic E-state index is -0.189. The van der Waals surface area contributed by atoms with Crippen molar-refractivity contribution >= 4 is 11.6 Å². The maximum Gasteiger partial charge on any atom is 0.127 e. The van der Waals surface area contributed by atoms with Gasteiger partial charge in [-0.05, 0) is 69.3 Å². The molecule has 0 saturated heterocycles. The number of halogens is 1. The quantitative estimate of drug-likeness (QED) is 0.506. The zero-order chi connectivity index (χ0) is 21.0.